The summed E-state index contributed by atoms with van der Waals surface area (Å²) in [7, 11) is 7.46. The normalized spacial score (nSPS) is 10.7. The SMILES string of the molecule is COCCNCC(=O)N(C)CCN(C)C. The number of methoxy groups -OCH3 is 1. The average molecular weight is 217 g/mol. The summed E-state index contributed by atoms with van der Waals surface area (Å²) in [5, 5.41) is 3.02. The van der Waals surface area contributed by atoms with Crippen LogP contribution in [0.4, 0.5) is 0 Å². The highest BCUT2D eigenvalue weighted by Gasteiger charge is 2.07. The lowest BCUT2D eigenvalue weighted by atomic mass is 10.4. The number of carbonyl (C=O) groups excluding carboxylic acids is 1. The molecular weight excluding hydrogens is 194 g/mol. The maximum atomic E-state index is 11.5. The first kappa shape index (κ1) is 14.3. The zero-order valence-corrected chi connectivity index (χ0v) is 10.2. The topological polar surface area (TPSA) is 44.8 Å². The van der Waals surface area contributed by atoms with Gasteiger partial charge in [0.25, 0.3) is 0 Å². The number of hydrogen-bond acceptors (Lipinski definition) is 4. The smallest absolute Gasteiger partial charge is 0.236 e. The van der Waals surface area contributed by atoms with Crippen LogP contribution in [0.5, 0.6) is 0 Å². The lowest BCUT2D eigenvalue weighted by molar-refractivity contribution is -0.129. The van der Waals surface area contributed by atoms with Crippen LogP contribution in [-0.2, 0) is 9.53 Å². The van der Waals surface area contributed by atoms with Gasteiger partial charge in [-0.3, -0.25) is 4.79 Å². The van der Waals surface area contributed by atoms with Gasteiger partial charge in [0.2, 0.25) is 5.91 Å². The Morgan fingerprint density at radius 3 is 2.47 bits per heavy atom. The minimum Gasteiger partial charge on any atom is -0.383 e. The average Bonchev–Trinajstić information content (AvgIpc) is 2.20. The van der Waals surface area contributed by atoms with Gasteiger partial charge in [-0.25, -0.2) is 0 Å². The van der Waals surface area contributed by atoms with Crippen molar-refractivity contribution < 1.29 is 9.53 Å². The highest BCUT2D eigenvalue weighted by Crippen LogP contribution is 1.85. The van der Waals surface area contributed by atoms with Gasteiger partial charge in [-0.05, 0) is 14.1 Å². The Bertz CT molecular complexity index is 174. The molecule has 0 rings (SSSR count). The van der Waals surface area contributed by atoms with E-state index in [9.17, 15) is 4.79 Å². The van der Waals surface area contributed by atoms with Gasteiger partial charge in [-0.15, -0.1) is 0 Å². The molecule has 0 radical (unpaired) electrons. The zero-order valence-electron chi connectivity index (χ0n) is 10.2. The summed E-state index contributed by atoms with van der Waals surface area (Å²) in [5.41, 5.74) is 0. The van der Waals surface area contributed by atoms with E-state index < -0.39 is 0 Å². The Kier molecular flexibility index (Phi) is 8.27. The molecule has 0 aromatic rings. The fraction of sp³-hybridized carbons (Fsp3) is 0.900. The molecule has 1 amide bonds. The largest absolute Gasteiger partial charge is 0.383 e. The quantitative estimate of drug-likeness (QED) is 0.543. The summed E-state index contributed by atoms with van der Waals surface area (Å²) in [4.78, 5) is 15.3. The maximum absolute atomic E-state index is 11.5. The van der Waals surface area contributed by atoms with Crippen LogP contribution >= 0.6 is 0 Å². The third kappa shape index (κ3) is 8.35. The molecule has 0 aliphatic rings. The van der Waals surface area contributed by atoms with E-state index in [0.29, 0.717) is 19.7 Å². The molecule has 0 aliphatic carbocycles. The van der Waals surface area contributed by atoms with Gasteiger partial charge in [0.1, 0.15) is 0 Å². The van der Waals surface area contributed by atoms with E-state index in [1.54, 1.807) is 12.0 Å². The van der Waals surface area contributed by atoms with E-state index in [0.717, 1.165) is 13.1 Å². The van der Waals surface area contributed by atoms with Crippen molar-refractivity contribution in [2.24, 2.45) is 0 Å². The predicted molar refractivity (Wildman–Crippen MR) is 60.9 cm³/mol. The van der Waals surface area contributed by atoms with Gasteiger partial charge in [-0.1, -0.05) is 0 Å². The summed E-state index contributed by atoms with van der Waals surface area (Å²) in [6.45, 7) is 3.38. The van der Waals surface area contributed by atoms with Gasteiger partial charge in [0.05, 0.1) is 13.2 Å². The van der Waals surface area contributed by atoms with Crippen molar-refractivity contribution in [2.75, 3.05) is 61.0 Å². The second kappa shape index (κ2) is 8.64. The van der Waals surface area contributed by atoms with E-state index in [4.69, 9.17) is 4.74 Å². The minimum absolute atomic E-state index is 0.118. The van der Waals surface area contributed by atoms with Crippen LogP contribution < -0.4 is 5.32 Å². The van der Waals surface area contributed by atoms with Crippen LogP contribution in [0.15, 0.2) is 0 Å². The third-order valence-corrected chi connectivity index (χ3v) is 2.07. The Morgan fingerprint density at radius 1 is 1.27 bits per heavy atom. The number of ether oxygens (including phenoxy) is 1. The minimum atomic E-state index is 0.118. The molecular formula is C10H23N3O2. The Hall–Kier alpha value is -0.650. The molecule has 0 bridgehead atoms. The van der Waals surface area contributed by atoms with Crippen molar-refractivity contribution in [1.29, 1.82) is 0 Å². The predicted octanol–water partition coefficient (Wildman–Crippen LogP) is -0.758. The summed E-state index contributed by atoms with van der Waals surface area (Å²) in [5.74, 6) is 0.118. The molecule has 0 spiro atoms. The third-order valence-electron chi connectivity index (χ3n) is 2.07. The van der Waals surface area contributed by atoms with Crippen LogP contribution in [0.1, 0.15) is 0 Å². The van der Waals surface area contributed by atoms with Crippen molar-refractivity contribution in [1.82, 2.24) is 15.1 Å². The first-order valence-corrected chi connectivity index (χ1v) is 5.16. The molecule has 0 aromatic heterocycles. The molecule has 0 aliphatic heterocycles. The van der Waals surface area contributed by atoms with Gasteiger partial charge in [0.15, 0.2) is 0 Å². The van der Waals surface area contributed by atoms with Crippen molar-refractivity contribution in [3.63, 3.8) is 0 Å². The molecule has 0 heterocycles. The van der Waals surface area contributed by atoms with Crippen molar-refractivity contribution in [3.8, 4) is 0 Å². The summed E-state index contributed by atoms with van der Waals surface area (Å²) in [6.07, 6.45) is 0. The Labute approximate surface area is 92.4 Å². The van der Waals surface area contributed by atoms with Gasteiger partial charge in [0, 0.05) is 33.8 Å². The summed E-state index contributed by atoms with van der Waals surface area (Å²) < 4.78 is 4.87. The number of carbonyl (C=O) groups is 1. The molecule has 15 heavy (non-hydrogen) atoms. The molecule has 0 unspecified atom stereocenters. The fourth-order valence-corrected chi connectivity index (χ4v) is 0.979. The summed E-state index contributed by atoms with van der Waals surface area (Å²) in [6, 6.07) is 0. The van der Waals surface area contributed by atoms with Crippen molar-refractivity contribution >= 4 is 5.91 Å². The van der Waals surface area contributed by atoms with Crippen molar-refractivity contribution in [2.45, 2.75) is 0 Å². The van der Waals surface area contributed by atoms with Crippen LogP contribution in [-0.4, -0.2) is 76.7 Å². The Morgan fingerprint density at radius 2 is 1.93 bits per heavy atom. The van der Waals surface area contributed by atoms with Gasteiger partial charge in [-0.2, -0.15) is 0 Å². The molecule has 1 N–H and O–H groups in total. The number of hydrogen-bond donors (Lipinski definition) is 1. The second-order valence-corrected chi connectivity index (χ2v) is 3.79. The number of rotatable bonds is 8. The number of amides is 1. The first-order valence-electron chi connectivity index (χ1n) is 5.16. The van der Waals surface area contributed by atoms with Crippen LogP contribution in [0.2, 0.25) is 0 Å². The molecule has 0 aromatic carbocycles. The molecule has 0 saturated carbocycles. The monoisotopic (exact) mass is 217 g/mol. The van der Waals surface area contributed by atoms with Crippen molar-refractivity contribution in [3.05, 3.63) is 0 Å². The van der Waals surface area contributed by atoms with Gasteiger partial charge >= 0.3 is 0 Å². The molecule has 5 nitrogen and oxygen atoms in total. The van der Waals surface area contributed by atoms with E-state index in [2.05, 4.69) is 10.2 Å². The van der Waals surface area contributed by atoms with Crippen LogP contribution in [0.25, 0.3) is 0 Å². The lowest BCUT2D eigenvalue weighted by Crippen LogP contribution is -2.39. The molecule has 90 valence electrons. The zero-order chi connectivity index (χ0) is 11.7. The second-order valence-electron chi connectivity index (χ2n) is 3.79. The van der Waals surface area contributed by atoms with E-state index in [1.165, 1.54) is 0 Å². The standard InChI is InChI=1S/C10H23N3O2/c1-12(2)6-7-13(3)10(14)9-11-5-8-15-4/h11H,5-9H2,1-4H3. The van der Waals surface area contributed by atoms with Crippen LogP contribution in [0.3, 0.4) is 0 Å². The Balaban J connectivity index is 3.51. The molecule has 5 heteroatoms. The number of nitrogens with one attached hydrogen (secondary N) is 1. The fourth-order valence-electron chi connectivity index (χ4n) is 0.979. The summed E-state index contributed by atoms with van der Waals surface area (Å²) >= 11 is 0. The van der Waals surface area contributed by atoms with E-state index >= 15 is 0 Å². The number of nitrogens with zero attached hydrogens (tertiary/aromatic N) is 2. The van der Waals surface area contributed by atoms with Gasteiger partial charge < -0.3 is 19.9 Å². The lowest BCUT2D eigenvalue weighted by Gasteiger charge is -2.19. The highest BCUT2D eigenvalue weighted by atomic mass is 16.5. The number of likely N-dealkylation sites (N-methyl/N-ethyl adjacent to an activating group) is 2. The molecule has 0 saturated heterocycles. The first-order chi connectivity index (χ1) is 7.07. The van der Waals surface area contributed by atoms with Crippen LogP contribution in [0, 0.1) is 0 Å². The molecule has 0 fully saturated rings. The van der Waals surface area contributed by atoms with E-state index in [1.807, 2.05) is 21.1 Å². The maximum Gasteiger partial charge on any atom is 0.236 e. The van der Waals surface area contributed by atoms with E-state index in [-0.39, 0.29) is 5.91 Å². The highest BCUT2D eigenvalue weighted by molar-refractivity contribution is 5.77. The molecule has 0 atom stereocenters.